The number of anilines is 2. The molecule has 1 aliphatic heterocycles. The van der Waals surface area contributed by atoms with Gasteiger partial charge in [-0.1, -0.05) is 48.5 Å². The van der Waals surface area contributed by atoms with E-state index in [4.69, 9.17) is 0 Å². The number of hydrogen-bond donors (Lipinski definition) is 1. The molecule has 3 aromatic carbocycles. The van der Waals surface area contributed by atoms with Crippen LogP contribution in [-0.4, -0.2) is 28.7 Å². The number of benzene rings is 3. The molecule has 0 aliphatic carbocycles. The first-order valence-electron chi connectivity index (χ1n) is 8.94. The van der Waals surface area contributed by atoms with Crippen LogP contribution in [0.5, 0.6) is 0 Å². The summed E-state index contributed by atoms with van der Waals surface area (Å²) in [5, 5.41) is 4.47. The van der Waals surface area contributed by atoms with E-state index < -0.39 is 5.25 Å². The van der Waals surface area contributed by atoms with Gasteiger partial charge in [-0.3, -0.25) is 14.4 Å². The van der Waals surface area contributed by atoms with Crippen molar-refractivity contribution in [1.82, 2.24) is 0 Å². The molecule has 1 aliphatic rings. The van der Waals surface area contributed by atoms with Crippen LogP contribution in [0.1, 0.15) is 6.42 Å². The first-order valence-corrected chi connectivity index (χ1v) is 9.99. The van der Waals surface area contributed by atoms with Crippen molar-refractivity contribution in [1.29, 1.82) is 0 Å². The van der Waals surface area contributed by atoms with Gasteiger partial charge < -0.3 is 5.32 Å². The highest BCUT2D eigenvalue weighted by atomic mass is 32.2. The maximum Gasteiger partial charge on any atom is 0.247 e. The SMILES string of the molecule is O=C(CS[C@H]1CC(=O)N(c2ccccc2)C1=O)Nc1ccc2ccccc2c1. The monoisotopic (exact) mass is 390 g/mol. The van der Waals surface area contributed by atoms with Gasteiger partial charge in [-0.05, 0) is 35.0 Å². The standard InChI is InChI=1S/C22H18N2O3S/c25-20(23-17-11-10-15-6-4-5-7-16(15)12-17)14-28-19-13-21(26)24(22(19)27)18-8-2-1-3-9-18/h1-12,19H,13-14H2,(H,23,25)/t19-/m0/s1. The van der Waals surface area contributed by atoms with Crippen LogP contribution in [0.4, 0.5) is 11.4 Å². The van der Waals surface area contributed by atoms with Crippen molar-refractivity contribution in [3.8, 4) is 0 Å². The van der Waals surface area contributed by atoms with Gasteiger partial charge in [0.25, 0.3) is 0 Å². The Bertz CT molecular complexity index is 1050. The lowest BCUT2D eigenvalue weighted by molar-refractivity contribution is -0.121. The summed E-state index contributed by atoms with van der Waals surface area (Å²) in [7, 11) is 0. The van der Waals surface area contributed by atoms with E-state index in [1.165, 1.54) is 16.7 Å². The number of hydrogen-bond acceptors (Lipinski definition) is 4. The highest BCUT2D eigenvalue weighted by Crippen LogP contribution is 2.29. The number of para-hydroxylation sites is 1. The van der Waals surface area contributed by atoms with Crippen LogP contribution < -0.4 is 10.2 Å². The largest absolute Gasteiger partial charge is 0.325 e. The van der Waals surface area contributed by atoms with Gasteiger partial charge in [-0.15, -0.1) is 11.8 Å². The fourth-order valence-corrected chi connectivity index (χ4v) is 4.16. The molecular formula is C22H18N2O3S. The summed E-state index contributed by atoms with van der Waals surface area (Å²) >= 11 is 1.20. The van der Waals surface area contributed by atoms with E-state index in [0.29, 0.717) is 11.4 Å². The number of nitrogens with one attached hydrogen (secondary N) is 1. The van der Waals surface area contributed by atoms with Crippen LogP contribution in [0, 0.1) is 0 Å². The van der Waals surface area contributed by atoms with Gasteiger partial charge >= 0.3 is 0 Å². The highest BCUT2D eigenvalue weighted by Gasteiger charge is 2.39. The number of amides is 3. The van der Waals surface area contributed by atoms with Crippen molar-refractivity contribution in [3.05, 3.63) is 72.8 Å². The molecule has 4 rings (SSSR count). The van der Waals surface area contributed by atoms with Crippen molar-refractivity contribution >= 4 is 51.6 Å². The van der Waals surface area contributed by atoms with E-state index in [0.717, 1.165) is 10.8 Å². The molecule has 0 saturated carbocycles. The average molecular weight is 390 g/mol. The third-order valence-corrected chi connectivity index (χ3v) is 5.77. The Hall–Kier alpha value is -3.12. The molecule has 1 N–H and O–H groups in total. The number of fused-ring (bicyclic) bond motifs is 1. The topological polar surface area (TPSA) is 66.5 Å². The van der Waals surface area contributed by atoms with E-state index in [2.05, 4.69) is 5.32 Å². The van der Waals surface area contributed by atoms with E-state index >= 15 is 0 Å². The van der Waals surface area contributed by atoms with Crippen LogP contribution >= 0.6 is 11.8 Å². The fourth-order valence-electron chi connectivity index (χ4n) is 3.22. The Balaban J connectivity index is 1.36. The van der Waals surface area contributed by atoms with E-state index in [9.17, 15) is 14.4 Å². The zero-order valence-electron chi connectivity index (χ0n) is 15.0. The third kappa shape index (κ3) is 3.77. The maximum atomic E-state index is 12.6. The van der Waals surface area contributed by atoms with Crippen molar-refractivity contribution in [2.24, 2.45) is 0 Å². The lowest BCUT2D eigenvalue weighted by atomic mass is 10.1. The average Bonchev–Trinajstić information content (AvgIpc) is 3.00. The van der Waals surface area contributed by atoms with Crippen LogP contribution in [0.15, 0.2) is 72.8 Å². The Labute approximate surface area is 166 Å². The smallest absolute Gasteiger partial charge is 0.247 e. The molecule has 3 amide bonds. The zero-order valence-corrected chi connectivity index (χ0v) is 15.8. The minimum atomic E-state index is -0.532. The van der Waals surface area contributed by atoms with Crippen molar-refractivity contribution in [3.63, 3.8) is 0 Å². The molecule has 0 radical (unpaired) electrons. The molecular weight excluding hydrogens is 372 g/mol. The zero-order chi connectivity index (χ0) is 19.5. The summed E-state index contributed by atoms with van der Waals surface area (Å²) < 4.78 is 0. The third-order valence-electron chi connectivity index (χ3n) is 4.57. The van der Waals surface area contributed by atoms with Gasteiger partial charge in [-0.25, -0.2) is 4.90 Å². The number of thioether (sulfide) groups is 1. The molecule has 28 heavy (non-hydrogen) atoms. The predicted octanol–water partition coefficient (Wildman–Crippen LogP) is 3.84. The molecule has 5 nitrogen and oxygen atoms in total. The lowest BCUT2D eigenvalue weighted by Gasteiger charge is -2.14. The number of carbonyl (C=O) groups excluding carboxylic acids is 3. The van der Waals surface area contributed by atoms with Crippen LogP contribution in [0.25, 0.3) is 10.8 Å². The summed E-state index contributed by atoms with van der Waals surface area (Å²) in [6.07, 6.45) is 0.113. The minimum Gasteiger partial charge on any atom is -0.325 e. The summed E-state index contributed by atoms with van der Waals surface area (Å²) in [5.74, 6) is -0.582. The molecule has 140 valence electrons. The van der Waals surface area contributed by atoms with Gasteiger partial charge in [0, 0.05) is 12.1 Å². The second-order valence-corrected chi connectivity index (χ2v) is 7.71. The second kappa shape index (κ2) is 7.86. The number of imide groups is 1. The summed E-state index contributed by atoms with van der Waals surface area (Å²) in [6, 6.07) is 22.5. The lowest BCUT2D eigenvalue weighted by Crippen LogP contribution is -2.31. The summed E-state index contributed by atoms with van der Waals surface area (Å²) in [6.45, 7) is 0. The van der Waals surface area contributed by atoms with Gasteiger partial charge in [0.1, 0.15) is 0 Å². The molecule has 3 aromatic rings. The Kier molecular flexibility index (Phi) is 5.12. The fraction of sp³-hybridized carbons (Fsp3) is 0.136. The van der Waals surface area contributed by atoms with E-state index in [1.54, 1.807) is 24.3 Å². The van der Waals surface area contributed by atoms with Crippen LogP contribution in [-0.2, 0) is 14.4 Å². The first kappa shape index (κ1) is 18.3. The first-order chi connectivity index (χ1) is 13.6. The minimum absolute atomic E-state index is 0.110. The number of rotatable bonds is 5. The van der Waals surface area contributed by atoms with Gasteiger partial charge in [0.2, 0.25) is 17.7 Å². The Morgan fingerprint density at radius 1 is 0.964 bits per heavy atom. The van der Waals surface area contributed by atoms with E-state index in [1.807, 2.05) is 48.5 Å². The van der Waals surface area contributed by atoms with Gasteiger partial charge in [0.05, 0.1) is 16.7 Å². The van der Waals surface area contributed by atoms with Crippen LogP contribution in [0.2, 0.25) is 0 Å². The van der Waals surface area contributed by atoms with Gasteiger partial charge in [-0.2, -0.15) is 0 Å². The summed E-state index contributed by atoms with van der Waals surface area (Å²) in [4.78, 5) is 38.3. The molecule has 1 atom stereocenters. The molecule has 1 fully saturated rings. The normalized spacial score (nSPS) is 16.6. The maximum absolute atomic E-state index is 12.6. The van der Waals surface area contributed by atoms with Crippen LogP contribution in [0.3, 0.4) is 0 Å². The molecule has 0 aromatic heterocycles. The van der Waals surface area contributed by atoms with Crippen molar-refractivity contribution in [2.75, 3.05) is 16.0 Å². The number of carbonyl (C=O) groups is 3. The Morgan fingerprint density at radius 3 is 2.46 bits per heavy atom. The predicted molar refractivity (Wildman–Crippen MR) is 112 cm³/mol. The highest BCUT2D eigenvalue weighted by molar-refractivity contribution is 8.01. The van der Waals surface area contributed by atoms with Gasteiger partial charge in [0.15, 0.2) is 0 Å². The molecule has 0 bridgehead atoms. The molecule has 0 spiro atoms. The van der Waals surface area contributed by atoms with Crippen molar-refractivity contribution in [2.45, 2.75) is 11.7 Å². The summed E-state index contributed by atoms with van der Waals surface area (Å²) in [5.41, 5.74) is 1.28. The number of nitrogens with zero attached hydrogens (tertiary/aromatic N) is 1. The molecule has 1 heterocycles. The Morgan fingerprint density at radius 2 is 1.68 bits per heavy atom. The van der Waals surface area contributed by atoms with E-state index in [-0.39, 0.29) is 29.9 Å². The molecule has 0 unspecified atom stereocenters. The molecule has 1 saturated heterocycles. The van der Waals surface area contributed by atoms with Crippen molar-refractivity contribution < 1.29 is 14.4 Å². The molecule has 6 heteroatoms. The second-order valence-electron chi connectivity index (χ2n) is 6.52. The quantitative estimate of drug-likeness (QED) is 0.672.